The topological polar surface area (TPSA) is 84.5 Å². The quantitative estimate of drug-likeness (QED) is 0.583. The van der Waals surface area contributed by atoms with Crippen LogP contribution >= 0.6 is 0 Å². The third-order valence-corrected chi connectivity index (χ3v) is 5.48. The van der Waals surface area contributed by atoms with Crippen molar-refractivity contribution in [2.45, 2.75) is 51.3 Å². The number of aliphatic imine (C=N–C) groups is 1. The molecule has 0 aliphatic heterocycles. The minimum Gasteiger partial charge on any atom is -0.370 e. The van der Waals surface area contributed by atoms with Gasteiger partial charge in [-0.25, -0.2) is 8.42 Å². The van der Waals surface area contributed by atoms with E-state index in [0.29, 0.717) is 23.3 Å². The van der Waals surface area contributed by atoms with Gasteiger partial charge in [0.1, 0.15) is 0 Å². The molecule has 0 aliphatic rings. The van der Waals surface area contributed by atoms with Crippen molar-refractivity contribution in [2.75, 3.05) is 18.8 Å². The van der Waals surface area contributed by atoms with Crippen LogP contribution in [0.25, 0.3) is 0 Å². The van der Waals surface area contributed by atoms with E-state index in [1.807, 2.05) is 12.1 Å². The maximum Gasteiger partial charge on any atom is 0.188 e. The second-order valence-electron chi connectivity index (χ2n) is 7.47. The van der Waals surface area contributed by atoms with Crippen LogP contribution in [0.2, 0.25) is 0 Å². The molecule has 3 N–H and O–H groups in total. The van der Waals surface area contributed by atoms with Gasteiger partial charge in [-0.05, 0) is 35.4 Å². The number of hydrogen-bond acceptors (Lipinski definition) is 3. The first-order valence-electron chi connectivity index (χ1n) is 8.39. The van der Waals surface area contributed by atoms with Gasteiger partial charge in [0.25, 0.3) is 0 Å². The second kappa shape index (κ2) is 8.51. The van der Waals surface area contributed by atoms with Crippen molar-refractivity contribution in [3.05, 3.63) is 29.8 Å². The summed E-state index contributed by atoms with van der Waals surface area (Å²) in [5, 5.41) is 2.87. The molecule has 0 radical (unpaired) electrons. The Bertz CT molecular complexity index is 642. The van der Waals surface area contributed by atoms with E-state index in [9.17, 15) is 8.42 Å². The number of hydrogen-bond donors (Lipinski definition) is 2. The fraction of sp³-hybridized carbons (Fsp3) is 0.611. The summed E-state index contributed by atoms with van der Waals surface area (Å²) in [5.74, 6) is 0.856. The van der Waals surface area contributed by atoms with Gasteiger partial charge in [0.15, 0.2) is 15.8 Å². The molecule has 1 rings (SSSR count). The molecule has 0 aliphatic carbocycles. The average Bonchev–Trinajstić information content (AvgIpc) is 2.46. The fourth-order valence-electron chi connectivity index (χ4n) is 2.09. The molecule has 6 heteroatoms. The molecule has 1 aromatic carbocycles. The van der Waals surface area contributed by atoms with Gasteiger partial charge in [-0.1, -0.05) is 46.8 Å². The Balaban J connectivity index is 2.58. The molecule has 0 aromatic heterocycles. The first kappa shape index (κ1) is 20.5. The highest BCUT2D eigenvalue weighted by Gasteiger charge is 2.17. The summed E-state index contributed by atoms with van der Waals surface area (Å²) in [7, 11) is -3.33. The van der Waals surface area contributed by atoms with Crippen LogP contribution in [0.4, 0.5) is 0 Å². The summed E-state index contributed by atoms with van der Waals surface area (Å²) < 4.78 is 24.7. The number of nitrogens with zero attached hydrogens (tertiary/aromatic N) is 1. The summed E-state index contributed by atoms with van der Waals surface area (Å²) >= 11 is 0. The van der Waals surface area contributed by atoms with E-state index in [1.165, 1.54) is 0 Å². The van der Waals surface area contributed by atoms with Gasteiger partial charge in [-0.15, -0.1) is 0 Å². The van der Waals surface area contributed by atoms with Gasteiger partial charge in [0.2, 0.25) is 0 Å². The van der Waals surface area contributed by atoms with Crippen LogP contribution in [-0.2, 0) is 15.3 Å². The van der Waals surface area contributed by atoms with Crippen molar-refractivity contribution in [3.8, 4) is 0 Å². The summed E-state index contributed by atoms with van der Waals surface area (Å²) in [6.45, 7) is 11.4. The van der Waals surface area contributed by atoms with E-state index in [2.05, 4.69) is 44.9 Å². The molecule has 0 saturated carbocycles. The lowest BCUT2D eigenvalue weighted by Gasteiger charge is -2.19. The molecule has 0 amide bonds. The molecule has 24 heavy (non-hydrogen) atoms. The number of nitrogens with two attached hydrogens (primary N) is 1. The molecule has 0 unspecified atom stereocenters. The van der Waals surface area contributed by atoms with Gasteiger partial charge in [0, 0.05) is 13.1 Å². The van der Waals surface area contributed by atoms with E-state index < -0.39 is 9.84 Å². The van der Waals surface area contributed by atoms with Gasteiger partial charge in [0.05, 0.1) is 10.6 Å². The van der Waals surface area contributed by atoms with Crippen molar-refractivity contribution in [2.24, 2.45) is 16.6 Å². The highest BCUT2D eigenvalue weighted by molar-refractivity contribution is 7.91. The van der Waals surface area contributed by atoms with E-state index in [0.717, 1.165) is 12.0 Å². The first-order chi connectivity index (χ1) is 11.0. The molecule has 0 fully saturated rings. The monoisotopic (exact) mass is 353 g/mol. The van der Waals surface area contributed by atoms with Crippen LogP contribution in [0.15, 0.2) is 34.2 Å². The van der Waals surface area contributed by atoms with Crippen LogP contribution in [0, 0.1) is 5.92 Å². The van der Waals surface area contributed by atoms with Crippen molar-refractivity contribution in [3.63, 3.8) is 0 Å². The lowest BCUT2D eigenvalue weighted by molar-refractivity contribution is 0.585. The third-order valence-electron chi connectivity index (χ3n) is 3.74. The number of guanidine groups is 1. The Hall–Kier alpha value is -1.56. The fourth-order valence-corrected chi connectivity index (χ4v) is 3.25. The largest absolute Gasteiger partial charge is 0.370 e. The molecule has 0 atom stereocenters. The van der Waals surface area contributed by atoms with Crippen molar-refractivity contribution < 1.29 is 8.42 Å². The summed E-state index contributed by atoms with van der Waals surface area (Å²) in [4.78, 5) is 4.52. The van der Waals surface area contributed by atoms with Gasteiger partial charge in [-0.3, -0.25) is 4.99 Å². The maximum atomic E-state index is 12.4. The molecule has 0 bridgehead atoms. The third kappa shape index (κ3) is 6.91. The van der Waals surface area contributed by atoms with Gasteiger partial charge >= 0.3 is 0 Å². The lowest BCUT2D eigenvalue weighted by Crippen LogP contribution is -2.35. The highest BCUT2D eigenvalue weighted by Crippen LogP contribution is 2.23. The van der Waals surface area contributed by atoms with E-state index in [1.54, 1.807) is 12.1 Å². The predicted octanol–water partition coefficient (Wildman–Crippen LogP) is 2.71. The smallest absolute Gasteiger partial charge is 0.188 e. The summed E-state index contributed by atoms with van der Waals surface area (Å²) in [6, 6.07) is 7.11. The van der Waals surface area contributed by atoms with E-state index in [-0.39, 0.29) is 17.7 Å². The molecule has 0 heterocycles. The Labute approximate surface area is 146 Å². The number of rotatable bonds is 7. The molecule has 0 saturated heterocycles. The van der Waals surface area contributed by atoms with Gasteiger partial charge in [-0.2, -0.15) is 0 Å². The Morgan fingerprint density at radius 2 is 1.79 bits per heavy atom. The van der Waals surface area contributed by atoms with Crippen LogP contribution in [-0.4, -0.2) is 33.2 Å². The zero-order chi connectivity index (χ0) is 18.4. The minimum absolute atomic E-state index is 0.00471. The predicted molar refractivity (Wildman–Crippen MR) is 101 cm³/mol. The molecule has 0 spiro atoms. The Morgan fingerprint density at radius 3 is 2.29 bits per heavy atom. The normalized spacial score (nSPS) is 13.3. The molecular weight excluding hydrogens is 322 g/mol. The van der Waals surface area contributed by atoms with Crippen LogP contribution in [0.3, 0.4) is 0 Å². The summed E-state index contributed by atoms with van der Waals surface area (Å²) in [6.07, 6.45) is 0.959. The first-order valence-corrected chi connectivity index (χ1v) is 10.0. The number of sulfone groups is 1. The molecule has 1 aromatic rings. The molecule has 5 nitrogen and oxygen atoms in total. The van der Waals surface area contributed by atoms with Crippen LogP contribution in [0.1, 0.15) is 46.6 Å². The second-order valence-corrected chi connectivity index (χ2v) is 9.58. The minimum atomic E-state index is -3.33. The van der Waals surface area contributed by atoms with Gasteiger partial charge < -0.3 is 11.1 Å². The molecule has 136 valence electrons. The van der Waals surface area contributed by atoms with E-state index in [4.69, 9.17) is 5.73 Å². The van der Waals surface area contributed by atoms with Crippen molar-refractivity contribution in [1.82, 2.24) is 5.32 Å². The zero-order valence-electron chi connectivity index (χ0n) is 15.5. The van der Waals surface area contributed by atoms with Crippen LogP contribution in [0.5, 0.6) is 0 Å². The SMILES string of the molecule is CC(C)CCN=C(N)NCCS(=O)(=O)c1ccc(C(C)(C)C)cc1. The Morgan fingerprint density at radius 1 is 1.21 bits per heavy atom. The summed E-state index contributed by atoms with van der Waals surface area (Å²) in [5.41, 5.74) is 6.86. The van der Waals surface area contributed by atoms with E-state index >= 15 is 0 Å². The average molecular weight is 354 g/mol. The molecular formula is C18H31N3O2S. The number of nitrogens with one attached hydrogen (secondary N) is 1. The zero-order valence-corrected chi connectivity index (χ0v) is 16.3. The highest BCUT2D eigenvalue weighted by atomic mass is 32.2. The Kier molecular flexibility index (Phi) is 7.27. The van der Waals surface area contributed by atoms with Crippen molar-refractivity contribution in [1.29, 1.82) is 0 Å². The van der Waals surface area contributed by atoms with Crippen molar-refractivity contribution >= 4 is 15.8 Å². The standard InChI is InChI=1S/C18H31N3O2S/c1-14(2)10-11-20-17(19)21-12-13-24(22,23)16-8-6-15(7-9-16)18(3,4)5/h6-9,14H,10-13H2,1-5H3,(H3,19,20,21). The lowest BCUT2D eigenvalue weighted by atomic mass is 9.87. The van der Waals surface area contributed by atoms with Crippen LogP contribution < -0.4 is 11.1 Å². The maximum absolute atomic E-state index is 12.4. The number of benzene rings is 1.